The average Bonchev–Trinajstić information content (AvgIpc) is 2.50. The SMILES string of the molecule is COc1cccc(C=NCc2cc([N+](=O)[O-])ccc2O)c1O. The Kier molecular flexibility index (Phi) is 4.57. The van der Waals surface area contributed by atoms with Crippen LogP contribution in [0.3, 0.4) is 0 Å². The molecule has 22 heavy (non-hydrogen) atoms. The molecule has 7 nitrogen and oxygen atoms in total. The summed E-state index contributed by atoms with van der Waals surface area (Å²) >= 11 is 0. The number of methoxy groups -OCH3 is 1. The van der Waals surface area contributed by atoms with Crippen LogP contribution in [-0.4, -0.2) is 28.5 Å². The third kappa shape index (κ3) is 3.32. The first-order chi connectivity index (χ1) is 10.5. The zero-order valence-electron chi connectivity index (χ0n) is 11.8. The lowest BCUT2D eigenvalue weighted by Crippen LogP contribution is -1.92. The predicted molar refractivity (Wildman–Crippen MR) is 80.7 cm³/mol. The van der Waals surface area contributed by atoms with Crippen LogP contribution >= 0.6 is 0 Å². The third-order valence-electron chi connectivity index (χ3n) is 3.02. The van der Waals surface area contributed by atoms with E-state index in [1.807, 2.05) is 0 Å². The third-order valence-corrected chi connectivity index (χ3v) is 3.02. The molecule has 0 unspecified atom stereocenters. The van der Waals surface area contributed by atoms with E-state index in [0.717, 1.165) is 0 Å². The van der Waals surface area contributed by atoms with Gasteiger partial charge >= 0.3 is 0 Å². The highest BCUT2D eigenvalue weighted by Crippen LogP contribution is 2.28. The molecule has 2 rings (SSSR count). The van der Waals surface area contributed by atoms with Crippen LogP contribution in [0.15, 0.2) is 41.4 Å². The maximum absolute atomic E-state index is 10.7. The molecule has 0 bridgehead atoms. The number of hydrogen-bond donors (Lipinski definition) is 2. The molecule has 2 aromatic carbocycles. The quantitative estimate of drug-likeness (QED) is 0.502. The lowest BCUT2D eigenvalue weighted by atomic mass is 10.1. The van der Waals surface area contributed by atoms with Gasteiger partial charge in [0.1, 0.15) is 5.75 Å². The molecule has 0 atom stereocenters. The molecule has 0 amide bonds. The Balaban J connectivity index is 2.19. The number of aliphatic imine (C=N–C) groups is 1. The summed E-state index contributed by atoms with van der Waals surface area (Å²) in [4.78, 5) is 14.3. The van der Waals surface area contributed by atoms with Crippen molar-refractivity contribution >= 4 is 11.9 Å². The van der Waals surface area contributed by atoms with Gasteiger partial charge in [-0.3, -0.25) is 15.1 Å². The van der Waals surface area contributed by atoms with Crippen molar-refractivity contribution in [3.8, 4) is 17.2 Å². The van der Waals surface area contributed by atoms with Crippen LogP contribution in [-0.2, 0) is 6.54 Å². The Hall–Kier alpha value is -3.09. The molecule has 7 heteroatoms. The summed E-state index contributed by atoms with van der Waals surface area (Å²) < 4.78 is 4.98. The summed E-state index contributed by atoms with van der Waals surface area (Å²) in [5, 5.41) is 30.3. The zero-order valence-corrected chi connectivity index (χ0v) is 11.8. The number of phenols is 2. The van der Waals surface area contributed by atoms with Crippen LogP contribution in [0.4, 0.5) is 5.69 Å². The molecule has 0 saturated carbocycles. The van der Waals surface area contributed by atoms with Gasteiger partial charge in [-0.25, -0.2) is 0 Å². The Morgan fingerprint density at radius 2 is 2.09 bits per heavy atom. The molecule has 0 aliphatic carbocycles. The van der Waals surface area contributed by atoms with Gasteiger partial charge in [-0.05, 0) is 18.2 Å². The van der Waals surface area contributed by atoms with E-state index < -0.39 is 4.92 Å². The molecule has 0 aromatic heterocycles. The van der Waals surface area contributed by atoms with Gasteiger partial charge in [0.25, 0.3) is 5.69 Å². The first-order valence-electron chi connectivity index (χ1n) is 6.35. The minimum Gasteiger partial charge on any atom is -0.508 e. The molecule has 0 fully saturated rings. The highest BCUT2D eigenvalue weighted by Gasteiger charge is 2.10. The van der Waals surface area contributed by atoms with Crippen molar-refractivity contribution < 1.29 is 19.9 Å². The van der Waals surface area contributed by atoms with E-state index in [-0.39, 0.29) is 23.7 Å². The second-order valence-corrected chi connectivity index (χ2v) is 4.44. The van der Waals surface area contributed by atoms with Crippen molar-refractivity contribution in [3.05, 3.63) is 57.6 Å². The van der Waals surface area contributed by atoms with E-state index in [0.29, 0.717) is 16.9 Å². The number of benzene rings is 2. The second kappa shape index (κ2) is 6.57. The van der Waals surface area contributed by atoms with Crippen LogP contribution in [0.1, 0.15) is 11.1 Å². The van der Waals surface area contributed by atoms with E-state index in [4.69, 9.17) is 4.74 Å². The zero-order chi connectivity index (χ0) is 16.1. The minimum absolute atomic E-state index is 0.0444. The molecule has 0 radical (unpaired) electrons. The van der Waals surface area contributed by atoms with Crippen molar-refractivity contribution in [3.63, 3.8) is 0 Å². The van der Waals surface area contributed by atoms with Crippen molar-refractivity contribution in [2.24, 2.45) is 4.99 Å². The first-order valence-corrected chi connectivity index (χ1v) is 6.35. The first kappa shape index (κ1) is 15.3. The summed E-state index contributed by atoms with van der Waals surface area (Å²) in [6.45, 7) is 0.0458. The van der Waals surface area contributed by atoms with Gasteiger partial charge in [-0.2, -0.15) is 0 Å². The van der Waals surface area contributed by atoms with Crippen LogP contribution in [0.25, 0.3) is 0 Å². The van der Waals surface area contributed by atoms with Gasteiger partial charge in [0.2, 0.25) is 0 Å². The van der Waals surface area contributed by atoms with Crippen LogP contribution in [0, 0.1) is 10.1 Å². The standard InChI is InChI=1S/C15H14N2O5/c1-22-14-4-2-3-10(15(14)19)8-16-9-11-7-12(17(20)21)5-6-13(11)18/h2-8,18-19H,9H2,1H3. The van der Waals surface area contributed by atoms with Crippen LogP contribution in [0.2, 0.25) is 0 Å². The Morgan fingerprint density at radius 1 is 1.32 bits per heavy atom. The fraction of sp³-hybridized carbons (Fsp3) is 0.133. The maximum atomic E-state index is 10.7. The van der Waals surface area contributed by atoms with Crippen molar-refractivity contribution in [1.82, 2.24) is 0 Å². The normalized spacial score (nSPS) is 10.8. The van der Waals surface area contributed by atoms with Gasteiger partial charge in [-0.15, -0.1) is 0 Å². The summed E-state index contributed by atoms with van der Waals surface area (Å²) in [5.41, 5.74) is 0.657. The lowest BCUT2D eigenvalue weighted by molar-refractivity contribution is -0.384. The molecule has 2 N–H and O–H groups in total. The van der Waals surface area contributed by atoms with Gasteiger partial charge in [-0.1, -0.05) is 6.07 Å². The molecule has 0 aliphatic rings. The molecule has 2 aromatic rings. The number of ether oxygens (including phenoxy) is 1. The maximum Gasteiger partial charge on any atom is 0.270 e. The van der Waals surface area contributed by atoms with E-state index in [1.165, 1.54) is 31.5 Å². The van der Waals surface area contributed by atoms with Crippen LogP contribution in [0.5, 0.6) is 17.2 Å². The second-order valence-electron chi connectivity index (χ2n) is 4.44. The van der Waals surface area contributed by atoms with Gasteiger partial charge in [0.15, 0.2) is 11.5 Å². The van der Waals surface area contributed by atoms with Gasteiger partial charge in [0, 0.05) is 29.5 Å². The molecule has 114 valence electrons. The molecule has 0 aliphatic heterocycles. The smallest absolute Gasteiger partial charge is 0.270 e. The average molecular weight is 302 g/mol. The molecular weight excluding hydrogens is 288 g/mol. The molecule has 0 spiro atoms. The van der Waals surface area contributed by atoms with Crippen molar-refractivity contribution in [2.45, 2.75) is 6.54 Å². The van der Waals surface area contributed by atoms with E-state index in [2.05, 4.69) is 4.99 Å². The number of hydrogen-bond acceptors (Lipinski definition) is 6. The van der Waals surface area contributed by atoms with Gasteiger partial charge < -0.3 is 14.9 Å². The Morgan fingerprint density at radius 3 is 2.77 bits per heavy atom. The number of rotatable bonds is 5. The summed E-state index contributed by atoms with van der Waals surface area (Å²) in [6, 6.07) is 8.69. The Labute approximate surface area is 126 Å². The molecule has 0 heterocycles. The topological polar surface area (TPSA) is 105 Å². The highest BCUT2D eigenvalue weighted by molar-refractivity contribution is 5.84. The van der Waals surface area contributed by atoms with Crippen LogP contribution < -0.4 is 4.74 Å². The van der Waals surface area contributed by atoms with Crippen molar-refractivity contribution in [2.75, 3.05) is 7.11 Å². The number of phenolic OH excluding ortho intramolecular Hbond substituents is 2. The van der Waals surface area contributed by atoms with E-state index in [9.17, 15) is 20.3 Å². The number of aromatic hydroxyl groups is 2. The molecule has 0 saturated heterocycles. The monoisotopic (exact) mass is 302 g/mol. The number of non-ortho nitro benzene ring substituents is 1. The van der Waals surface area contributed by atoms with E-state index >= 15 is 0 Å². The Bertz CT molecular complexity index is 728. The lowest BCUT2D eigenvalue weighted by Gasteiger charge is -2.05. The fourth-order valence-electron chi connectivity index (χ4n) is 1.86. The number of nitro groups is 1. The summed E-state index contributed by atoms with van der Waals surface area (Å²) in [7, 11) is 1.44. The number of nitro benzene ring substituents is 1. The summed E-state index contributed by atoms with van der Waals surface area (Å²) in [5.74, 6) is 0.205. The fourth-order valence-corrected chi connectivity index (χ4v) is 1.86. The number of nitrogens with zero attached hydrogens (tertiary/aromatic N) is 2. The van der Waals surface area contributed by atoms with Crippen molar-refractivity contribution in [1.29, 1.82) is 0 Å². The van der Waals surface area contributed by atoms with Gasteiger partial charge in [0.05, 0.1) is 18.6 Å². The highest BCUT2D eigenvalue weighted by atomic mass is 16.6. The van der Waals surface area contributed by atoms with E-state index in [1.54, 1.807) is 18.2 Å². The molecular formula is C15H14N2O5. The predicted octanol–water partition coefficient (Wildman–Crippen LogP) is 2.63. The summed E-state index contributed by atoms with van der Waals surface area (Å²) in [6.07, 6.45) is 1.41. The number of para-hydroxylation sites is 1. The minimum atomic E-state index is -0.541. The largest absolute Gasteiger partial charge is 0.508 e.